The Morgan fingerprint density at radius 3 is 2.53 bits per heavy atom. The number of halogens is 1. The van der Waals surface area contributed by atoms with E-state index in [1.807, 2.05) is 41.0 Å². The smallest absolute Gasteiger partial charge is 0.230 e. The number of nitrogens with zero attached hydrogens (tertiary/aromatic N) is 3. The number of amides is 1. The van der Waals surface area contributed by atoms with Crippen LogP contribution in [0.25, 0.3) is 17.1 Å². The van der Waals surface area contributed by atoms with Gasteiger partial charge >= 0.3 is 0 Å². The van der Waals surface area contributed by atoms with Gasteiger partial charge in [0.2, 0.25) is 5.91 Å². The first kappa shape index (κ1) is 22.9. The van der Waals surface area contributed by atoms with E-state index in [1.165, 1.54) is 30.2 Å². The first-order valence-electron chi connectivity index (χ1n) is 11.1. The summed E-state index contributed by atoms with van der Waals surface area (Å²) in [7, 11) is 0. The highest BCUT2D eigenvalue weighted by Gasteiger charge is 2.28. The minimum atomic E-state index is 0.0486. The van der Waals surface area contributed by atoms with Gasteiger partial charge < -0.3 is 5.32 Å². The predicted octanol–water partition coefficient (Wildman–Crippen LogP) is 5.93. The Hall–Kier alpha value is -2.31. The molecule has 1 aliphatic carbocycles. The molecule has 0 aliphatic heterocycles. The highest BCUT2D eigenvalue weighted by atomic mass is 35.5. The minimum Gasteiger partial charge on any atom is -0.352 e. The molecule has 0 radical (unpaired) electrons. The molecule has 1 aliphatic rings. The van der Waals surface area contributed by atoms with E-state index in [4.69, 9.17) is 11.6 Å². The van der Waals surface area contributed by atoms with Gasteiger partial charge in [-0.1, -0.05) is 67.7 Å². The van der Waals surface area contributed by atoms with Crippen LogP contribution >= 0.6 is 23.4 Å². The average Bonchev–Trinajstić information content (AvgIpc) is 3.20. The maximum Gasteiger partial charge on any atom is 0.230 e. The van der Waals surface area contributed by atoms with Gasteiger partial charge in [-0.2, -0.15) is 0 Å². The van der Waals surface area contributed by atoms with Crippen molar-refractivity contribution >= 4 is 29.3 Å². The van der Waals surface area contributed by atoms with Gasteiger partial charge in [-0.3, -0.25) is 9.36 Å². The molecular formula is C25H29ClN4OS. The number of hydrogen-bond donors (Lipinski definition) is 1. The quantitative estimate of drug-likeness (QED) is 0.455. The lowest BCUT2D eigenvalue weighted by Crippen LogP contribution is -2.44. The van der Waals surface area contributed by atoms with Crippen molar-refractivity contribution in [3.05, 3.63) is 59.1 Å². The number of aryl methyl sites for hydroxylation is 1. The number of benzene rings is 2. The Morgan fingerprint density at radius 2 is 1.81 bits per heavy atom. The second-order valence-corrected chi connectivity index (χ2v) is 10.1. The molecule has 7 heteroatoms. The zero-order valence-corrected chi connectivity index (χ0v) is 20.3. The summed E-state index contributed by atoms with van der Waals surface area (Å²) < 4.78 is 2.01. The molecule has 1 saturated carbocycles. The maximum absolute atomic E-state index is 12.7. The molecule has 3 atom stereocenters. The second kappa shape index (κ2) is 10.1. The minimum absolute atomic E-state index is 0.0486. The Bertz CT molecular complexity index is 1060. The van der Waals surface area contributed by atoms with Crippen LogP contribution in [0.2, 0.25) is 5.02 Å². The molecule has 1 N–H and O–H groups in total. The van der Waals surface area contributed by atoms with Gasteiger partial charge in [-0.05, 0) is 61.6 Å². The molecule has 3 aromatic rings. The number of aromatic nitrogens is 3. The monoisotopic (exact) mass is 468 g/mol. The van der Waals surface area contributed by atoms with Crippen LogP contribution in [0.5, 0.6) is 0 Å². The molecule has 0 spiro atoms. The highest BCUT2D eigenvalue weighted by molar-refractivity contribution is 7.99. The normalized spacial score (nSPS) is 20.8. The zero-order chi connectivity index (χ0) is 22.7. The summed E-state index contributed by atoms with van der Waals surface area (Å²) in [6, 6.07) is 16.0. The lowest BCUT2D eigenvalue weighted by molar-refractivity contribution is -0.120. The zero-order valence-electron chi connectivity index (χ0n) is 18.7. The van der Waals surface area contributed by atoms with Gasteiger partial charge in [-0.25, -0.2) is 0 Å². The Balaban J connectivity index is 1.55. The van der Waals surface area contributed by atoms with E-state index >= 15 is 0 Å². The van der Waals surface area contributed by atoms with Crippen LogP contribution in [0.3, 0.4) is 0 Å². The van der Waals surface area contributed by atoms with Crippen molar-refractivity contribution < 1.29 is 4.79 Å². The van der Waals surface area contributed by atoms with Gasteiger partial charge in [0.25, 0.3) is 0 Å². The van der Waals surface area contributed by atoms with E-state index in [0.29, 0.717) is 27.8 Å². The Labute approximate surface area is 199 Å². The molecule has 2 aromatic carbocycles. The van der Waals surface area contributed by atoms with E-state index < -0.39 is 0 Å². The van der Waals surface area contributed by atoms with Gasteiger partial charge in [0.15, 0.2) is 11.0 Å². The molecule has 0 bridgehead atoms. The van der Waals surface area contributed by atoms with Gasteiger partial charge in [0.1, 0.15) is 0 Å². The summed E-state index contributed by atoms with van der Waals surface area (Å²) in [5.41, 5.74) is 3.06. The fourth-order valence-corrected chi connectivity index (χ4v) is 5.13. The summed E-state index contributed by atoms with van der Waals surface area (Å²) in [5, 5.41) is 13.5. The highest BCUT2D eigenvalue weighted by Crippen LogP contribution is 2.31. The third-order valence-electron chi connectivity index (χ3n) is 6.41. The van der Waals surface area contributed by atoms with Crippen LogP contribution in [-0.4, -0.2) is 32.5 Å². The van der Waals surface area contributed by atoms with Crippen molar-refractivity contribution in [2.24, 2.45) is 11.8 Å². The van der Waals surface area contributed by atoms with Crippen LogP contribution in [-0.2, 0) is 4.79 Å². The second-order valence-electron chi connectivity index (χ2n) is 8.71. The third kappa shape index (κ3) is 5.18. The van der Waals surface area contributed by atoms with Crippen LogP contribution in [0.1, 0.15) is 38.7 Å². The predicted molar refractivity (Wildman–Crippen MR) is 131 cm³/mol. The first-order chi connectivity index (χ1) is 15.4. The summed E-state index contributed by atoms with van der Waals surface area (Å²) in [5.74, 6) is 2.23. The molecule has 0 unspecified atom stereocenters. The van der Waals surface area contributed by atoms with E-state index in [1.54, 1.807) is 0 Å². The van der Waals surface area contributed by atoms with Crippen molar-refractivity contribution in [1.82, 2.24) is 20.1 Å². The number of carbonyl (C=O) groups excluding carboxylic acids is 1. The number of thioether (sulfide) groups is 1. The molecule has 1 amide bonds. The van der Waals surface area contributed by atoms with E-state index in [2.05, 4.69) is 48.4 Å². The van der Waals surface area contributed by atoms with Crippen molar-refractivity contribution in [3.8, 4) is 17.1 Å². The van der Waals surface area contributed by atoms with Gasteiger partial charge in [-0.15, -0.1) is 10.2 Å². The van der Waals surface area contributed by atoms with Crippen LogP contribution < -0.4 is 5.32 Å². The van der Waals surface area contributed by atoms with Crippen LogP contribution in [0.4, 0.5) is 0 Å². The maximum atomic E-state index is 12.7. The number of carbonyl (C=O) groups is 1. The molecule has 0 saturated heterocycles. The van der Waals surface area contributed by atoms with Gasteiger partial charge in [0, 0.05) is 22.3 Å². The van der Waals surface area contributed by atoms with Crippen molar-refractivity contribution in [2.45, 2.75) is 51.2 Å². The van der Waals surface area contributed by atoms with Gasteiger partial charge in [0.05, 0.1) is 5.75 Å². The lowest BCUT2D eigenvalue weighted by Gasteiger charge is -2.34. The molecule has 1 fully saturated rings. The van der Waals surface area contributed by atoms with Crippen molar-refractivity contribution in [2.75, 3.05) is 5.75 Å². The topological polar surface area (TPSA) is 59.8 Å². The van der Waals surface area contributed by atoms with E-state index in [-0.39, 0.29) is 11.9 Å². The molecule has 5 nitrogen and oxygen atoms in total. The van der Waals surface area contributed by atoms with Crippen LogP contribution in [0, 0.1) is 18.8 Å². The fraction of sp³-hybridized carbons (Fsp3) is 0.400. The molecular weight excluding hydrogens is 440 g/mol. The van der Waals surface area contributed by atoms with E-state index in [0.717, 1.165) is 23.5 Å². The molecule has 32 heavy (non-hydrogen) atoms. The molecule has 4 rings (SSSR count). The third-order valence-corrected chi connectivity index (χ3v) is 7.59. The van der Waals surface area contributed by atoms with Crippen molar-refractivity contribution in [3.63, 3.8) is 0 Å². The average molecular weight is 469 g/mol. The molecule has 168 valence electrons. The van der Waals surface area contributed by atoms with E-state index in [9.17, 15) is 4.79 Å². The summed E-state index contributed by atoms with van der Waals surface area (Å²) in [6.45, 7) is 6.58. The number of rotatable bonds is 6. The summed E-state index contributed by atoms with van der Waals surface area (Å²) in [6.07, 6.45) is 3.48. The Kier molecular flexibility index (Phi) is 7.21. The summed E-state index contributed by atoms with van der Waals surface area (Å²) >= 11 is 7.49. The first-order valence-corrected chi connectivity index (χ1v) is 12.5. The Morgan fingerprint density at radius 1 is 1.09 bits per heavy atom. The SMILES string of the molecule is Cc1ccc(-n2c(SCC(=O)N[C@@H]3CCC[C@@H](C)[C@H]3C)nnc2-c2ccc(Cl)cc2)cc1. The number of nitrogens with one attached hydrogen (secondary N) is 1. The lowest BCUT2D eigenvalue weighted by atomic mass is 9.78. The molecule has 1 heterocycles. The number of hydrogen-bond acceptors (Lipinski definition) is 4. The van der Waals surface area contributed by atoms with Crippen LogP contribution in [0.15, 0.2) is 53.7 Å². The standard InChI is InChI=1S/C25H29ClN4OS/c1-16-7-13-21(14-8-16)30-24(19-9-11-20(26)12-10-19)28-29-25(30)32-15-23(31)27-22-6-4-5-17(2)18(22)3/h7-14,17-18,22H,4-6,15H2,1-3H3,(H,27,31)/t17-,18-,22-/m1/s1. The fourth-order valence-electron chi connectivity index (χ4n) is 4.24. The molecule has 1 aromatic heterocycles. The van der Waals surface area contributed by atoms with Crippen molar-refractivity contribution in [1.29, 1.82) is 0 Å². The largest absolute Gasteiger partial charge is 0.352 e. The summed E-state index contributed by atoms with van der Waals surface area (Å²) in [4.78, 5) is 12.7.